The van der Waals surface area contributed by atoms with Crippen LogP contribution in [0.15, 0.2) is 66.9 Å². The Bertz CT molecular complexity index is 1010. The summed E-state index contributed by atoms with van der Waals surface area (Å²) in [6, 6.07) is 17.7. The number of rotatable bonds is 5. The van der Waals surface area contributed by atoms with E-state index in [-0.39, 0.29) is 17.5 Å². The maximum atomic E-state index is 12.9. The largest absolute Gasteiger partial charge is 0.322 e. The Kier molecular flexibility index (Phi) is 6.06. The number of amides is 2. The molecular formula is C22H20ClN3O2. The minimum absolute atomic E-state index is 0.209. The number of nitrogens with one attached hydrogen (secondary N) is 1. The van der Waals surface area contributed by atoms with Crippen molar-refractivity contribution in [1.82, 2.24) is 4.98 Å². The van der Waals surface area contributed by atoms with Gasteiger partial charge in [0.2, 0.25) is 0 Å². The fraction of sp³-hybridized carbons (Fsp3) is 0.136. The van der Waals surface area contributed by atoms with Crippen molar-refractivity contribution in [2.75, 3.05) is 16.8 Å². The number of pyridine rings is 1. The highest BCUT2D eigenvalue weighted by atomic mass is 35.5. The Morgan fingerprint density at radius 2 is 1.82 bits per heavy atom. The third kappa shape index (κ3) is 4.21. The molecule has 142 valence electrons. The smallest absolute Gasteiger partial charge is 0.276 e. The van der Waals surface area contributed by atoms with Crippen LogP contribution in [-0.2, 0) is 0 Å². The van der Waals surface area contributed by atoms with Crippen LogP contribution in [-0.4, -0.2) is 23.3 Å². The van der Waals surface area contributed by atoms with Crippen LogP contribution in [0.1, 0.15) is 33.3 Å². The summed E-state index contributed by atoms with van der Waals surface area (Å²) in [4.78, 5) is 31.4. The molecule has 0 radical (unpaired) electrons. The molecule has 6 heteroatoms. The standard InChI is InChI=1S/C22H20ClN3O2/c1-3-26(17-8-5-4-6-9-17)22(28)20-14-16(12-13-24-20)21(27)25-19-11-7-10-18(23)15(19)2/h4-14H,3H2,1-2H3,(H,25,27). The van der Waals surface area contributed by atoms with Gasteiger partial charge >= 0.3 is 0 Å². The van der Waals surface area contributed by atoms with Gasteiger partial charge in [-0.3, -0.25) is 14.6 Å². The molecule has 1 heterocycles. The second-order valence-corrected chi connectivity index (χ2v) is 6.59. The molecule has 0 spiro atoms. The summed E-state index contributed by atoms with van der Waals surface area (Å²) in [5.74, 6) is -0.591. The summed E-state index contributed by atoms with van der Waals surface area (Å²) < 4.78 is 0. The third-order valence-corrected chi connectivity index (χ3v) is 4.80. The second-order valence-electron chi connectivity index (χ2n) is 6.18. The van der Waals surface area contributed by atoms with Gasteiger partial charge < -0.3 is 10.2 Å². The first kappa shape index (κ1) is 19.6. The van der Waals surface area contributed by atoms with E-state index in [1.807, 2.05) is 44.2 Å². The molecule has 1 N–H and O–H groups in total. The first-order valence-electron chi connectivity index (χ1n) is 8.90. The van der Waals surface area contributed by atoms with Crippen molar-refractivity contribution >= 4 is 34.8 Å². The van der Waals surface area contributed by atoms with Crippen LogP contribution in [0.2, 0.25) is 5.02 Å². The number of halogens is 1. The third-order valence-electron chi connectivity index (χ3n) is 4.39. The van der Waals surface area contributed by atoms with Gasteiger partial charge in [0.05, 0.1) is 0 Å². The fourth-order valence-electron chi connectivity index (χ4n) is 2.82. The lowest BCUT2D eigenvalue weighted by Crippen LogP contribution is -2.31. The van der Waals surface area contributed by atoms with Gasteiger partial charge in [-0.2, -0.15) is 0 Å². The normalized spacial score (nSPS) is 10.4. The minimum Gasteiger partial charge on any atom is -0.322 e. The van der Waals surface area contributed by atoms with Crippen LogP contribution in [0.3, 0.4) is 0 Å². The summed E-state index contributed by atoms with van der Waals surface area (Å²) in [5.41, 5.74) is 2.75. The summed E-state index contributed by atoms with van der Waals surface area (Å²) in [6.45, 7) is 4.21. The average Bonchev–Trinajstić information content (AvgIpc) is 2.72. The Labute approximate surface area is 169 Å². The van der Waals surface area contributed by atoms with Crippen LogP contribution >= 0.6 is 11.6 Å². The molecule has 0 aliphatic carbocycles. The van der Waals surface area contributed by atoms with Crippen molar-refractivity contribution in [3.05, 3.63) is 88.7 Å². The van der Waals surface area contributed by atoms with Crippen LogP contribution in [0.4, 0.5) is 11.4 Å². The maximum absolute atomic E-state index is 12.9. The summed E-state index contributed by atoms with van der Waals surface area (Å²) in [5, 5.41) is 3.41. The van der Waals surface area contributed by atoms with E-state index in [9.17, 15) is 9.59 Å². The summed E-state index contributed by atoms with van der Waals surface area (Å²) >= 11 is 6.11. The maximum Gasteiger partial charge on any atom is 0.276 e. The number of hydrogen-bond acceptors (Lipinski definition) is 3. The highest BCUT2D eigenvalue weighted by molar-refractivity contribution is 6.31. The van der Waals surface area contributed by atoms with Crippen molar-refractivity contribution in [1.29, 1.82) is 0 Å². The average molecular weight is 394 g/mol. The zero-order valence-electron chi connectivity index (χ0n) is 15.6. The lowest BCUT2D eigenvalue weighted by atomic mass is 10.1. The van der Waals surface area contributed by atoms with Gasteiger partial charge in [0.15, 0.2) is 0 Å². The number of carbonyl (C=O) groups is 2. The van der Waals surface area contributed by atoms with Crippen LogP contribution in [0.25, 0.3) is 0 Å². The minimum atomic E-state index is -0.329. The molecule has 0 aliphatic heterocycles. The molecule has 0 bridgehead atoms. The second kappa shape index (κ2) is 8.67. The first-order chi connectivity index (χ1) is 13.5. The van der Waals surface area contributed by atoms with E-state index < -0.39 is 0 Å². The summed E-state index contributed by atoms with van der Waals surface area (Å²) in [7, 11) is 0. The lowest BCUT2D eigenvalue weighted by molar-refractivity contribution is 0.0983. The molecule has 3 rings (SSSR count). The van der Waals surface area contributed by atoms with E-state index in [2.05, 4.69) is 10.3 Å². The Hall–Kier alpha value is -3.18. The van der Waals surface area contributed by atoms with Crippen LogP contribution in [0, 0.1) is 6.92 Å². The van der Waals surface area contributed by atoms with Gasteiger partial charge in [-0.1, -0.05) is 35.9 Å². The fourth-order valence-corrected chi connectivity index (χ4v) is 2.99. The van der Waals surface area contributed by atoms with Gasteiger partial charge in [-0.15, -0.1) is 0 Å². The quantitative estimate of drug-likeness (QED) is 0.666. The number of carbonyl (C=O) groups excluding carboxylic acids is 2. The molecule has 5 nitrogen and oxygen atoms in total. The number of benzene rings is 2. The number of nitrogens with zero attached hydrogens (tertiary/aromatic N) is 2. The molecule has 2 aromatic carbocycles. The molecule has 0 saturated carbocycles. The summed E-state index contributed by atoms with van der Waals surface area (Å²) in [6.07, 6.45) is 1.46. The molecular weight excluding hydrogens is 374 g/mol. The van der Waals surface area contributed by atoms with E-state index in [0.29, 0.717) is 22.8 Å². The predicted octanol–water partition coefficient (Wildman–Crippen LogP) is 4.96. The molecule has 1 aromatic heterocycles. The number of anilines is 2. The van der Waals surface area contributed by atoms with Gasteiger partial charge in [0, 0.05) is 34.7 Å². The molecule has 28 heavy (non-hydrogen) atoms. The molecule has 0 atom stereocenters. The van der Waals surface area contributed by atoms with Crippen LogP contribution < -0.4 is 10.2 Å². The zero-order valence-corrected chi connectivity index (χ0v) is 16.4. The highest BCUT2D eigenvalue weighted by Gasteiger charge is 2.19. The first-order valence-corrected chi connectivity index (χ1v) is 9.28. The van der Waals surface area contributed by atoms with Crippen molar-refractivity contribution < 1.29 is 9.59 Å². The topological polar surface area (TPSA) is 62.3 Å². The predicted molar refractivity (Wildman–Crippen MR) is 112 cm³/mol. The van der Waals surface area contributed by atoms with Crippen molar-refractivity contribution in [2.24, 2.45) is 0 Å². The lowest BCUT2D eigenvalue weighted by Gasteiger charge is -2.20. The molecule has 3 aromatic rings. The number of aromatic nitrogens is 1. The monoisotopic (exact) mass is 393 g/mol. The highest BCUT2D eigenvalue weighted by Crippen LogP contribution is 2.23. The molecule has 0 saturated heterocycles. The van der Waals surface area contributed by atoms with E-state index in [0.717, 1.165) is 11.3 Å². The zero-order chi connectivity index (χ0) is 20.1. The van der Waals surface area contributed by atoms with E-state index in [1.165, 1.54) is 12.3 Å². The van der Waals surface area contributed by atoms with Crippen molar-refractivity contribution in [3.8, 4) is 0 Å². The molecule has 2 amide bonds. The van der Waals surface area contributed by atoms with E-state index >= 15 is 0 Å². The van der Waals surface area contributed by atoms with Gasteiger partial charge in [-0.25, -0.2) is 0 Å². The number of para-hydroxylation sites is 1. The van der Waals surface area contributed by atoms with Crippen molar-refractivity contribution in [3.63, 3.8) is 0 Å². The van der Waals surface area contributed by atoms with E-state index in [1.54, 1.807) is 29.2 Å². The van der Waals surface area contributed by atoms with Crippen LogP contribution in [0.5, 0.6) is 0 Å². The Balaban J connectivity index is 1.84. The van der Waals surface area contributed by atoms with E-state index in [4.69, 9.17) is 11.6 Å². The SMILES string of the molecule is CCN(C(=O)c1cc(C(=O)Nc2cccc(Cl)c2C)ccn1)c1ccccc1. The number of hydrogen-bond donors (Lipinski definition) is 1. The molecule has 0 unspecified atom stereocenters. The van der Waals surface area contributed by atoms with Crippen molar-refractivity contribution in [2.45, 2.75) is 13.8 Å². The van der Waals surface area contributed by atoms with Gasteiger partial charge in [-0.05, 0) is 55.8 Å². The Morgan fingerprint density at radius 1 is 1.07 bits per heavy atom. The molecule has 0 fully saturated rings. The molecule has 0 aliphatic rings. The van der Waals surface area contributed by atoms with Gasteiger partial charge in [0.25, 0.3) is 11.8 Å². The Morgan fingerprint density at radius 3 is 2.54 bits per heavy atom. The van der Waals surface area contributed by atoms with Gasteiger partial charge in [0.1, 0.15) is 5.69 Å².